The number of hydrogen-bond acceptors (Lipinski definition) is 2. The van der Waals surface area contributed by atoms with Crippen LogP contribution in [0.15, 0.2) is 27.4 Å². The van der Waals surface area contributed by atoms with Gasteiger partial charge < -0.3 is 8.83 Å². The zero-order valence-corrected chi connectivity index (χ0v) is 4.05. The van der Waals surface area contributed by atoms with Gasteiger partial charge in [-0.1, -0.05) is 0 Å². The van der Waals surface area contributed by atoms with E-state index in [-0.39, 0.29) is 0 Å². The molecule has 2 nitrogen and oxygen atoms in total. The summed E-state index contributed by atoms with van der Waals surface area (Å²) < 4.78 is 9.63. The first kappa shape index (κ1) is 3.78. The van der Waals surface area contributed by atoms with E-state index < -0.39 is 0 Å². The molecule has 0 aliphatic rings. The molecule has 0 saturated carbocycles. The molecule has 0 fully saturated rings. The monoisotopic (exact) mass is 107 g/mol. The molecule has 0 saturated heterocycles. The maximum atomic E-state index is 4.84. The lowest BCUT2D eigenvalue weighted by molar-refractivity contribution is 0.546. The smallest absolute Gasteiger partial charge is 0.173 e. The Morgan fingerprint density at radius 1 is 1.38 bits per heavy atom. The SMILES string of the molecule is [c]1cc2cocc2o1. The summed E-state index contributed by atoms with van der Waals surface area (Å²) in [6.07, 6.45) is 5.75. The highest BCUT2D eigenvalue weighted by atomic mass is 16.4. The van der Waals surface area contributed by atoms with Gasteiger partial charge in [0.1, 0.15) is 12.5 Å². The standard InChI is InChI=1S/C6H3O2/c1-2-8-6-4-7-3-5(1)6/h1,3-4H. The van der Waals surface area contributed by atoms with Crippen LogP contribution in [0, 0.1) is 6.26 Å². The largest absolute Gasteiger partial charge is 0.468 e. The van der Waals surface area contributed by atoms with E-state index in [2.05, 4.69) is 6.26 Å². The van der Waals surface area contributed by atoms with Gasteiger partial charge in [0.25, 0.3) is 0 Å². The fourth-order valence-electron chi connectivity index (χ4n) is 0.640. The van der Waals surface area contributed by atoms with Crippen LogP contribution in [0.25, 0.3) is 11.0 Å². The lowest BCUT2D eigenvalue weighted by Crippen LogP contribution is -1.38. The van der Waals surface area contributed by atoms with Crippen molar-refractivity contribution >= 4 is 11.0 Å². The molecule has 0 aliphatic heterocycles. The van der Waals surface area contributed by atoms with Crippen molar-refractivity contribution in [3.63, 3.8) is 0 Å². The summed E-state index contributed by atoms with van der Waals surface area (Å²) in [6, 6.07) is 1.73. The summed E-state index contributed by atoms with van der Waals surface area (Å²) in [7, 11) is 0. The molecule has 0 unspecified atom stereocenters. The van der Waals surface area contributed by atoms with Gasteiger partial charge in [0.15, 0.2) is 11.8 Å². The maximum Gasteiger partial charge on any atom is 0.173 e. The third-order valence-corrected chi connectivity index (χ3v) is 1.04. The van der Waals surface area contributed by atoms with Crippen molar-refractivity contribution < 1.29 is 8.83 Å². The van der Waals surface area contributed by atoms with Gasteiger partial charge in [0, 0.05) is 0 Å². The van der Waals surface area contributed by atoms with Gasteiger partial charge in [0.2, 0.25) is 0 Å². The molecule has 2 rings (SSSR count). The third-order valence-electron chi connectivity index (χ3n) is 1.04. The molecule has 0 aromatic carbocycles. The first-order valence-electron chi connectivity index (χ1n) is 2.28. The molecule has 39 valence electrons. The van der Waals surface area contributed by atoms with Crippen molar-refractivity contribution in [3.8, 4) is 0 Å². The minimum absolute atomic E-state index is 0.755. The summed E-state index contributed by atoms with van der Waals surface area (Å²) in [5.41, 5.74) is 0.755. The van der Waals surface area contributed by atoms with Crippen LogP contribution in [0.4, 0.5) is 0 Å². The number of furan rings is 2. The number of rotatable bonds is 0. The van der Waals surface area contributed by atoms with Gasteiger partial charge in [-0.3, -0.25) is 0 Å². The molecule has 2 aromatic heterocycles. The molecule has 0 amide bonds. The zero-order valence-electron chi connectivity index (χ0n) is 4.05. The van der Waals surface area contributed by atoms with Crippen LogP contribution in [-0.4, -0.2) is 0 Å². The fraction of sp³-hybridized carbons (Fsp3) is 0. The van der Waals surface area contributed by atoms with Crippen molar-refractivity contribution in [1.82, 2.24) is 0 Å². The van der Waals surface area contributed by atoms with Gasteiger partial charge in [0.05, 0.1) is 5.39 Å². The Morgan fingerprint density at radius 3 is 3.25 bits per heavy atom. The van der Waals surface area contributed by atoms with Crippen LogP contribution in [0.1, 0.15) is 0 Å². The average Bonchev–Trinajstić information content (AvgIpc) is 2.15. The van der Waals surface area contributed by atoms with E-state index in [9.17, 15) is 0 Å². The molecule has 0 spiro atoms. The van der Waals surface area contributed by atoms with Crippen molar-refractivity contribution in [2.24, 2.45) is 0 Å². The summed E-state index contributed by atoms with van der Waals surface area (Å²) in [6.45, 7) is 0. The second kappa shape index (κ2) is 1.15. The summed E-state index contributed by atoms with van der Waals surface area (Å²) >= 11 is 0. The Balaban J connectivity index is 3.06. The Kier molecular flexibility index (Phi) is 0.545. The Hall–Kier alpha value is -1.18. The van der Waals surface area contributed by atoms with Crippen LogP contribution in [0.2, 0.25) is 0 Å². The van der Waals surface area contributed by atoms with E-state index in [1.165, 1.54) is 0 Å². The Morgan fingerprint density at radius 2 is 2.38 bits per heavy atom. The molecule has 0 aliphatic carbocycles. The first-order valence-corrected chi connectivity index (χ1v) is 2.28. The second-order valence-corrected chi connectivity index (χ2v) is 1.56. The minimum Gasteiger partial charge on any atom is -0.468 e. The first-order chi connectivity index (χ1) is 3.97. The van der Waals surface area contributed by atoms with E-state index in [1.54, 1.807) is 18.6 Å². The Labute approximate surface area is 45.7 Å². The van der Waals surface area contributed by atoms with Crippen LogP contribution >= 0.6 is 0 Å². The van der Waals surface area contributed by atoms with Crippen molar-refractivity contribution in [3.05, 3.63) is 24.9 Å². The quantitative estimate of drug-likeness (QED) is 0.513. The molecule has 1 radical (unpaired) electrons. The van der Waals surface area contributed by atoms with Gasteiger partial charge in [-0.15, -0.1) is 0 Å². The van der Waals surface area contributed by atoms with E-state index >= 15 is 0 Å². The molecular weight excluding hydrogens is 104 g/mol. The molecule has 0 bridgehead atoms. The molecular formula is C6H3O2. The zero-order chi connectivity index (χ0) is 5.40. The second-order valence-electron chi connectivity index (χ2n) is 1.56. The van der Waals surface area contributed by atoms with Gasteiger partial charge >= 0.3 is 0 Å². The number of hydrogen-bond donors (Lipinski definition) is 0. The fourth-order valence-corrected chi connectivity index (χ4v) is 0.640. The predicted molar refractivity (Wildman–Crippen MR) is 27.3 cm³/mol. The van der Waals surface area contributed by atoms with Gasteiger partial charge in [-0.25, -0.2) is 0 Å². The minimum atomic E-state index is 0.755. The Bertz CT molecular complexity index is 228. The summed E-state index contributed by atoms with van der Waals surface area (Å²) in [5.74, 6) is 0. The topological polar surface area (TPSA) is 26.3 Å². The van der Waals surface area contributed by atoms with E-state index in [4.69, 9.17) is 8.83 Å². The van der Waals surface area contributed by atoms with Crippen LogP contribution in [0.3, 0.4) is 0 Å². The number of fused-ring (bicyclic) bond motifs is 1. The normalized spacial score (nSPS) is 10.5. The lowest BCUT2D eigenvalue weighted by Gasteiger charge is -1.62. The summed E-state index contributed by atoms with van der Waals surface area (Å²) in [5, 5.41) is 0.963. The highest BCUT2D eigenvalue weighted by Crippen LogP contribution is 2.13. The van der Waals surface area contributed by atoms with Crippen LogP contribution in [-0.2, 0) is 0 Å². The molecule has 0 atom stereocenters. The van der Waals surface area contributed by atoms with Crippen molar-refractivity contribution in [2.75, 3.05) is 0 Å². The van der Waals surface area contributed by atoms with Gasteiger partial charge in [-0.05, 0) is 6.07 Å². The highest BCUT2D eigenvalue weighted by molar-refractivity contribution is 5.74. The highest BCUT2D eigenvalue weighted by Gasteiger charge is 1.94. The molecule has 8 heavy (non-hydrogen) atoms. The van der Waals surface area contributed by atoms with E-state index in [0.29, 0.717) is 0 Å². The molecule has 0 N–H and O–H groups in total. The van der Waals surface area contributed by atoms with Crippen molar-refractivity contribution in [1.29, 1.82) is 0 Å². The maximum absolute atomic E-state index is 4.84. The third kappa shape index (κ3) is 0.320. The molecule has 2 aromatic rings. The van der Waals surface area contributed by atoms with Crippen LogP contribution < -0.4 is 0 Å². The molecule has 2 heteroatoms. The van der Waals surface area contributed by atoms with Crippen LogP contribution in [0.5, 0.6) is 0 Å². The van der Waals surface area contributed by atoms with E-state index in [1.807, 2.05) is 0 Å². The predicted octanol–water partition coefficient (Wildman–Crippen LogP) is 1.83. The van der Waals surface area contributed by atoms with Crippen molar-refractivity contribution in [2.45, 2.75) is 0 Å². The van der Waals surface area contributed by atoms with E-state index in [0.717, 1.165) is 11.0 Å². The lowest BCUT2D eigenvalue weighted by atomic mass is 10.4. The summed E-state index contributed by atoms with van der Waals surface area (Å²) in [4.78, 5) is 0. The molecule has 2 heterocycles. The van der Waals surface area contributed by atoms with Gasteiger partial charge in [-0.2, -0.15) is 0 Å². The average molecular weight is 107 g/mol.